The molecule has 0 bridgehead atoms. The van der Waals surface area contributed by atoms with Crippen LogP contribution in [0.25, 0.3) is 0 Å². The first-order chi connectivity index (χ1) is 13.9. The molecule has 2 rings (SSSR count). The van der Waals surface area contributed by atoms with Gasteiger partial charge in [0.05, 0.1) is 15.5 Å². The van der Waals surface area contributed by atoms with Crippen LogP contribution in [0.1, 0.15) is 18.1 Å². The molecule has 0 aliphatic heterocycles. The van der Waals surface area contributed by atoms with E-state index in [0.717, 1.165) is 24.3 Å². The molecule has 0 saturated carbocycles. The van der Waals surface area contributed by atoms with E-state index in [1.54, 1.807) is 6.92 Å². The first-order valence-corrected chi connectivity index (χ1v) is 9.74. The normalized spacial score (nSPS) is 11.8. The van der Waals surface area contributed by atoms with Gasteiger partial charge in [-0.1, -0.05) is 18.5 Å². The van der Waals surface area contributed by atoms with Crippen molar-refractivity contribution in [3.8, 4) is 11.5 Å². The molecule has 1 unspecified atom stereocenters. The molecule has 8 nitrogen and oxygen atoms in total. The summed E-state index contributed by atoms with van der Waals surface area (Å²) >= 11 is 5.88. The highest BCUT2D eigenvalue weighted by molar-refractivity contribution is 7.48. The van der Waals surface area contributed by atoms with Crippen molar-refractivity contribution in [2.24, 2.45) is 5.73 Å². The lowest BCUT2D eigenvalue weighted by atomic mass is 10.1. The first-order valence-electron chi connectivity index (χ1n) is 8.18. The van der Waals surface area contributed by atoms with E-state index in [1.165, 1.54) is 0 Å². The molecular formula is C17H14ClF3N2O6P+. The van der Waals surface area contributed by atoms with Crippen molar-refractivity contribution in [3.63, 3.8) is 0 Å². The van der Waals surface area contributed by atoms with E-state index >= 15 is 0 Å². The van der Waals surface area contributed by atoms with Gasteiger partial charge in [-0.3, -0.25) is 14.9 Å². The third-order valence-corrected chi connectivity index (χ3v) is 5.15. The number of nitro groups is 1. The number of nitro benzene ring substituents is 1. The van der Waals surface area contributed by atoms with Gasteiger partial charge in [-0.15, -0.1) is 4.52 Å². The molecule has 0 saturated heterocycles. The lowest BCUT2D eigenvalue weighted by Crippen LogP contribution is -2.17. The zero-order valence-electron chi connectivity index (χ0n) is 15.2. The Hall–Kier alpha value is -2.75. The number of ether oxygens (including phenoxy) is 1. The van der Waals surface area contributed by atoms with Crippen molar-refractivity contribution in [1.29, 1.82) is 0 Å². The topological polar surface area (TPSA) is 122 Å². The summed E-state index contributed by atoms with van der Waals surface area (Å²) in [5.74, 6) is -1.10. The van der Waals surface area contributed by atoms with Crippen LogP contribution in [0.5, 0.6) is 11.5 Å². The monoisotopic (exact) mass is 465 g/mol. The number of carbonyl (C=O) groups is 1. The number of halogens is 4. The molecule has 0 radical (unpaired) electrons. The second kappa shape index (κ2) is 9.38. The number of alkyl halides is 3. The van der Waals surface area contributed by atoms with Crippen molar-refractivity contribution >= 4 is 36.5 Å². The molecule has 160 valence electrons. The van der Waals surface area contributed by atoms with Gasteiger partial charge in [0.25, 0.3) is 0 Å². The zero-order chi connectivity index (χ0) is 22.6. The fourth-order valence-corrected chi connectivity index (χ4v) is 3.49. The first kappa shape index (κ1) is 23.5. The van der Waals surface area contributed by atoms with Gasteiger partial charge in [0.2, 0.25) is 5.91 Å². The quantitative estimate of drug-likeness (QED) is 0.348. The Morgan fingerprint density at radius 2 is 1.93 bits per heavy atom. The Morgan fingerprint density at radius 3 is 2.43 bits per heavy atom. The number of rotatable bonds is 8. The maximum Gasteiger partial charge on any atom is 0.556 e. The Kier molecular flexibility index (Phi) is 7.35. The fraction of sp³-hybridized carbons (Fsp3) is 0.235. The molecule has 0 aliphatic carbocycles. The molecule has 0 aliphatic rings. The van der Waals surface area contributed by atoms with Gasteiger partial charge in [0.1, 0.15) is 11.5 Å². The summed E-state index contributed by atoms with van der Waals surface area (Å²) in [5, 5.41) is 10.6. The van der Waals surface area contributed by atoms with Crippen LogP contribution >= 0.6 is 19.6 Å². The van der Waals surface area contributed by atoms with Crippen LogP contribution < -0.4 is 15.8 Å². The van der Waals surface area contributed by atoms with Gasteiger partial charge in [-0.05, 0) is 29.2 Å². The number of carbonyl (C=O) groups excluding carboxylic acids is 1. The Balaban J connectivity index is 2.49. The van der Waals surface area contributed by atoms with Crippen LogP contribution in [0.4, 0.5) is 18.9 Å². The van der Waals surface area contributed by atoms with E-state index in [1.807, 2.05) is 0 Å². The number of benzene rings is 2. The second-order valence-electron chi connectivity index (χ2n) is 5.80. The number of hydrogen-bond donors (Lipinski definition) is 1. The van der Waals surface area contributed by atoms with Gasteiger partial charge < -0.3 is 10.5 Å². The summed E-state index contributed by atoms with van der Waals surface area (Å²) in [4.78, 5) is 21.4. The fourth-order valence-electron chi connectivity index (χ4n) is 2.33. The predicted octanol–water partition coefficient (Wildman–Crippen LogP) is 4.49. The third-order valence-electron chi connectivity index (χ3n) is 3.74. The lowest BCUT2D eigenvalue weighted by molar-refractivity contribution is -0.383. The van der Waals surface area contributed by atoms with Gasteiger partial charge in [0, 0.05) is 17.7 Å². The summed E-state index contributed by atoms with van der Waals surface area (Å²) in [5.41, 5.74) is 3.69. The molecule has 13 heteroatoms. The van der Waals surface area contributed by atoms with E-state index < -0.39 is 42.9 Å². The molecule has 0 fully saturated rings. The summed E-state index contributed by atoms with van der Waals surface area (Å²) in [6.07, 6.45) is -4.36. The van der Waals surface area contributed by atoms with Crippen LogP contribution in [0, 0.1) is 10.1 Å². The van der Waals surface area contributed by atoms with Gasteiger partial charge in [0.15, 0.2) is 6.61 Å². The molecule has 0 heterocycles. The van der Waals surface area contributed by atoms with Crippen molar-refractivity contribution < 1.29 is 36.7 Å². The Morgan fingerprint density at radius 1 is 1.27 bits per heavy atom. The van der Waals surface area contributed by atoms with Crippen molar-refractivity contribution in [3.05, 3.63) is 56.6 Å². The minimum Gasteiger partial charge on any atom is -0.455 e. The van der Waals surface area contributed by atoms with Crippen LogP contribution in [0.15, 0.2) is 30.3 Å². The molecule has 2 aromatic carbocycles. The number of hydrogen-bond acceptors (Lipinski definition) is 6. The predicted molar refractivity (Wildman–Crippen MR) is 101 cm³/mol. The average Bonchev–Trinajstić information content (AvgIpc) is 2.66. The molecular weight excluding hydrogens is 452 g/mol. The molecule has 2 aromatic rings. The number of aryl methyl sites for hydroxylation is 1. The molecule has 30 heavy (non-hydrogen) atoms. The number of nitrogens with two attached hydrogens (primary N) is 1. The van der Waals surface area contributed by atoms with E-state index in [-0.39, 0.29) is 28.2 Å². The highest BCUT2D eigenvalue weighted by Gasteiger charge is 2.36. The molecule has 0 aromatic heterocycles. The number of primary amides is 1. The Bertz CT molecular complexity index is 1020. The van der Waals surface area contributed by atoms with Crippen LogP contribution in [-0.2, 0) is 26.5 Å². The minimum absolute atomic E-state index is 0.0224. The highest BCUT2D eigenvalue weighted by Crippen LogP contribution is 2.39. The van der Waals surface area contributed by atoms with E-state index in [2.05, 4.69) is 0 Å². The summed E-state index contributed by atoms with van der Waals surface area (Å²) < 4.78 is 61.0. The van der Waals surface area contributed by atoms with E-state index in [9.17, 15) is 32.6 Å². The molecule has 1 atom stereocenters. The molecule has 2 N–H and O–H groups in total. The van der Waals surface area contributed by atoms with Gasteiger partial charge in [-0.2, -0.15) is 13.2 Å². The number of nitrogens with zero attached hydrogens (tertiary/aromatic N) is 1. The van der Waals surface area contributed by atoms with Crippen LogP contribution in [-0.4, -0.2) is 17.4 Å². The van der Waals surface area contributed by atoms with Crippen molar-refractivity contribution in [2.75, 3.05) is 6.61 Å². The average molecular weight is 466 g/mol. The maximum absolute atomic E-state index is 12.8. The van der Waals surface area contributed by atoms with E-state index in [4.69, 9.17) is 26.6 Å². The standard InChI is InChI=1S/C17H13ClF3N2O6P/c1-2-9-5-12(23(25)26)15(30(27)28-8-16(22)24)7-14(9)29-13-4-3-10(6-11(13)18)17(19,20)21/h3-7H,2,8H2,1H3,(H-,22,24)/p+1. The minimum atomic E-state index is -4.60. The third kappa shape index (κ3) is 5.65. The summed E-state index contributed by atoms with van der Waals surface area (Å²) in [6.45, 7) is 0.923. The van der Waals surface area contributed by atoms with Crippen LogP contribution in [0.2, 0.25) is 5.02 Å². The van der Waals surface area contributed by atoms with Crippen molar-refractivity contribution in [1.82, 2.24) is 0 Å². The maximum atomic E-state index is 12.8. The summed E-state index contributed by atoms with van der Waals surface area (Å²) in [7, 11) is -2.85. The second-order valence-corrected chi connectivity index (χ2v) is 7.46. The highest BCUT2D eigenvalue weighted by atomic mass is 35.5. The van der Waals surface area contributed by atoms with Gasteiger partial charge >= 0.3 is 25.2 Å². The Labute approximate surface area is 173 Å². The van der Waals surface area contributed by atoms with Gasteiger partial charge in [-0.25, -0.2) is 0 Å². The molecule has 0 spiro atoms. The SMILES string of the molecule is CCc1cc([N+](=O)[O-])c([P+](=O)OCC(N)=O)cc1Oc1ccc(C(F)(F)F)cc1Cl. The number of amides is 1. The largest absolute Gasteiger partial charge is 0.556 e. The summed E-state index contributed by atoms with van der Waals surface area (Å²) in [6, 6.07) is 4.59. The van der Waals surface area contributed by atoms with Crippen molar-refractivity contribution in [2.45, 2.75) is 19.5 Å². The van der Waals surface area contributed by atoms with Crippen LogP contribution in [0.3, 0.4) is 0 Å². The van der Waals surface area contributed by atoms with E-state index in [0.29, 0.717) is 11.6 Å². The smallest absolute Gasteiger partial charge is 0.455 e. The molecule has 1 amide bonds. The lowest BCUT2D eigenvalue weighted by Gasteiger charge is -2.13. The zero-order valence-corrected chi connectivity index (χ0v) is 16.9.